The summed E-state index contributed by atoms with van der Waals surface area (Å²) in [4.78, 5) is 17.1. The highest BCUT2D eigenvalue weighted by atomic mass is 16.5. The zero-order valence-corrected chi connectivity index (χ0v) is 17.0. The number of carbonyl (C=O) groups is 1. The van der Waals surface area contributed by atoms with Crippen LogP contribution in [0.1, 0.15) is 31.0 Å². The Morgan fingerprint density at radius 2 is 1.66 bits per heavy atom. The fraction of sp³-hybridized carbons (Fsp3) is 0.304. The number of carbonyl (C=O) groups excluding carboxylic acids is 1. The first kappa shape index (κ1) is 20.6. The summed E-state index contributed by atoms with van der Waals surface area (Å²) < 4.78 is 16.7. The SMILES string of the molecule is COc1ccc(-c2nc(C(=O)CC(C)C)oc2-c2ccc(OCCN)cc2)cc1. The normalized spacial score (nSPS) is 10.9. The Kier molecular flexibility index (Phi) is 6.67. The van der Waals surface area contributed by atoms with E-state index in [0.29, 0.717) is 31.0 Å². The van der Waals surface area contributed by atoms with Crippen molar-refractivity contribution < 1.29 is 18.7 Å². The van der Waals surface area contributed by atoms with Crippen LogP contribution in [0.15, 0.2) is 52.9 Å². The molecule has 0 aliphatic carbocycles. The number of nitrogens with two attached hydrogens (primary N) is 1. The maximum atomic E-state index is 12.5. The number of hydrogen-bond donors (Lipinski definition) is 1. The van der Waals surface area contributed by atoms with E-state index in [9.17, 15) is 4.79 Å². The number of rotatable bonds is 9. The quantitative estimate of drug-likeness (QED) is 0.534. The van der Waals surface area contributed by atoms with Gasteiger partial charge >= 0.3 is 0 Å². The molecule has 0 radical (unpaired) electrons. The molecule has 0 aliphatic heterocycles. The molecule has 3 aromatic rings. The minimum Gasteiger partial charge on any atom is -0.497 e. The molecule has 0 aliphatic rings. The molecular formula is C23H26N2O4. The third-order valence-electron chi connectivity index (χ3n) is 4.33. The van der Waals surface area contributed by atoms with E-state index in [1.165, 1.54) is 0 Å². The van der Waals surface area contributed by atoms with Crippen LogP contribution >= 0.6 is 0 Å². The first-order chi connectivity index (χ1) is 14.0. The minimum atomic E-state index is -0.107. The van der Waals surface area contributed by atoms with Gasteiger partial charge in [-0.05, 0) is 54.4 Å². The smallest absolute Gasteiger partial charge is 0.264 e. The monoisotopic (exact) mass is 394 g/mol. The molecule has 152 valence electrons. The Bertz CT molecular complexity index is 944. The van der Waals surface area contributed by atoms with Crippen molar-refractivity contribution in [3.63, 3.8) is 0 Å². The van der Waals surface area contributed by atoms with Gasteiger partial charge < -0.3 is 19.6 Å². The van der Waals surface area contributed by atoms with Crippen molar-refractivity contribution in [3.8, 4) is 34.1 Å². The molecule has 0 unspecified atom stereocenters. The van der Waals surface area contributed by atoms with E-state index in [2.05, 4.69) is 4.98 Å². The van der Waals surface area contributed by atoms with E-state index in [1.54, 1.807) is 7.11 Å². The van der Waals surface area contributed by atoms with Crippen molar-refractivity contribution in [2.75, 3.05) is 20.3 Å². The number of nitrogens with zero attached hydrogens (tertiary/aromatic N) is 1. The van der Waals surface area contributed by atoms with E-state index in [4.69, 9.17) is 19.6 Å². The maximum absolute atomic E-state index is 12.5. The summed E-state index contributed by atoms with van der Waals surface area (Å²) in [6.45, 7) is 4.89. The topological polar surface area (TPSA) is 87.6 Å². The fourth-order valence-electron chi connectivity index (χ4n) is 2.92. The van der Waals surface area contributed by atoms with Crippen LogP contribution in [0.3, 0.4) is 0 Å². The van der Waals surface area contributed by atoms with Crippen molar-refractivity contribution in [1.29, 1.82) is 0 Å². The first-order valence-corrected chi connectivity index (χ1v) is 9.63. The van der Waals surface area contributed by atoms with Gasteiger partial charge in [-0.15, -0.1) is 0 Å². The lowest BCUT2D eigenvalue weighted by atomic mass is 10.1. The van der Waals surface area contributed by atoms with E-state index < -0.39 is 0 Å². The molecule has 29 heavy (non-hydrogen) atoms. The van der Waals surface area contributed by atoms with Gasteiger partial charge in [0.1, 0.15) is 23.8 Å². The average molecular weight is 394 g/mol. The molecule has 2 N–H and O–H groups in total. The average Bonchev–Trinajstić information content (AvgIpc) is 3.18. The van der Waals surface area contributed by atoms with Crippen molar-refractivity contribution in [2.45, 2.75) is 20.3 Å². The lowest BCUT2D eigenvalue weighted by molar-refractivity contribution is 0.0934. The standard InChI is InChI=1S/C23H26N2O4/c1-15(2)14-20(26)23-25-21(16-4-8-18(27-3)9-5-16)22(29-23)17-6-10-19(11-7-17)28-13-12-24/h4-11,15H,12-14,24H2,1-3H3. The van der Waals surface area contributed by atoms with Crippen LogP contribution in [0, 0.1) is 5.92 Å². The van der Waals surface area contributed by atoms with Crippen LogP contribution in [-0.2, 0) is 0 Å². The summed E-state index contributed by atoms with van der Waals surface area (Å²) in [5, 5.41) is 0. The number of ether oxygens (including phenoxy) is 2. The lowest BCUT2D eigenvalue weighted by Gasteiger charge is -2.06. The van der Waals surface area contributed by atoms with Gasteiger partial charge in [0.25, 0.3) is 5.89 Å². The number of benzene rings is 2. The molecule has 1 aromatic heterocycles. The van der Waals surface area contributed by atoms with Crippen molar-refractivity contribution in [3.05, 3.63) is 54.4 Å². The van der Waals surface area contributed by atoms with Gasteiger partial charge in [-0.3, -0.25) is 4.79 Å². The Labute approximate surface area is 170 Å². The summed E-state index contributed by atoms with van der Waals surface area (Å²) >= 11 is 0. The van der Waals surface area contributed by atoms with Gasteiger partial charge in [-0.1, -0.05) is 13.8 Å². The molecule has 0 amide bonds. The van der Waals surface area contributed by atoms with Crippen LogP contribution in [0.2, 0.25) is 0 Å². The van der Waals surface area contributed by atoms with Crippen LogP contribution in [-0.4, -0.2) is 31.0 Å². The number of aromatic nitrogens is 1. The van der Waals surface area contributed by atoms with Gasteiger partial charge in [0.05, 0.1) is 7.11 Å². The largest absolute Gasteiger partial charge is 0.497 e. The Hall–Kier alpha value is -3.12. The molecule has 6 nitrogen and oxygen atoms in total. The lowest BCUT2D eigenvalue weighted by Crippen LogP contribution is -2.10. The summed E-state index contributed by atoms with van der Waals surface area (Å²) in [5.41, 5.74) is 7.76. The molecular weight excluding hydrogens is 368 g/mol. The number of oxazole rings is 1. The molecule has 0 bridgehead atoms. The Morgan fingerprint density at radius 3 is 2.24 bits per heavy atom. The van der Waals surface area contributed by atoms with Gasteiger partial charge in [0.15, 0.2) is 5.76 Å². The molecule has 0 fully saturated rings. The van der Waals surface area contributed by atoms with Crippen LogP contribution < -0.4 is 15.2 Å². The Morgan fingerprint density at radius 1 is 1.03 bits per heavy atom. The molecule has 2 aromatic carbocycles. The van der Waals surface area contributed by atoms with Gasteiger partial charge in [0.2, 0.25) is 5.78 Å². The van der Waals surface area contributed by atoms with E-state index in [0.717, 1.165) is 22.6 Å². The van der Waals surface area contributed by atoms with E-state index >= 15 is 0 Å². The molecule has 0 spiro atoms. The number of methoxy groups -OCH3 is 1. The summed E-state index contributed by atoms with van der Waals surface area (Å²) in [6, 6.07) is 15.0. The second-order valence-electron chi connectivity index (χ2n) is 7.11. The van der Waals surface area contributed by atoms with Gasteiger partial charge in [-0.2, -0.15) is 0 Å². The van der Waals surface area contributed by atoms with Gasteiger partial charge in [-0.25, -0.2) is 4.98 Å². The molecule has 0 atom stereocenters. The van der Waals surface area contributed by atoms with Crippen molar-refractivity contribution >= 4 is 5.78 Å². The first-order valence-electron chi connectivity index (χ1n) is 9.63. The summed E-state index contributed by atoms with van der Waals surface area (Å²) in [5.74, 6) is 2.26. The van der Waals surface area contributed by atoms with Gasteiger partial charge in [0, 0.05) is 24.1 Å². The predicted octanol–water partition coefficient (Wildman–Crippen LogP) is 4.58. The fourth-order valence-corrected chi connectivity index (χ4v) is 2.92. The minimum absolute atomic E-state index is 0.107. The third-order valence-corrected chi connectivity index (χ3v) is 4.33. The maximum Gasteiger partial charge on any atom is 0.264 e. The highest BCUT2D eigenvalue weighted by Crippen LogP contribution is 2.34. The zero-order chi connectivity index (χ0) is 20.8. The number of hydrogen-bond acceptors (Lipinski definition) is 6. The van der Waals surface area contributed by atoms with E-state index in [-0.39, 0.29) is 17.6 Å². The highest BCUT2D eigenvalue weighted by Gasteiger charge is 2.22. The van der Waals surface area contributed by atoms with Crippen LogP contribution in [0.5, 0.6) is 11.5 Å². The molecule has 0 saturated heterocycles. The van der Waals surface area contributed by atoms with Crippen LogP contribution in [0.4, 0.5) is 0 Å². The van der Waals surface area contributed by atoms with Crippen molar-refractivity contribution in [1.82, 2.24) is 4.98 Å². The molecule has 1 heterocycles. The van der Waals surface area contributed by atoms with E-state index in [1.807, 2.05) is 62.4 Å². The molecule has 6 heteroatoms. The predicted molar refractivity (Wildman–Crippen MR) is 112 cm³/mol. The summed E-state index contributed by atoms with van der Waals surface area (Å²) in [7, 11) is 1.62. The molecule has 3 rings (SSSR count). The second kappa shape index (κ2) is 9.39. The zero-order valence-electron chi connectivity index (χ0n) is 17.0. The second-order valence-corrected chi connectivity index (χ2v) is 7.11. The van der Waals surface area contributed by atoms with Crippen molar-refractivity contribution in [2.24, 2.45) is 11.7 Å². The third kappa shape index (κ3) is 5.03. The Balaban J connectivity index is 2.00. The number of ketones is 1. The highest BCUT2D eigenvalue weighted by molar-refractivity contribution is 5.93. The summed E-state index contributed by atoms with van der Waals surface area (Å²) in [6.07, 6.45) is 0.383. The molecule has 0 saturated carbocycles. The number of Topliss-reactive ketones (excluding diaryl/α,β-unsaturated/α-hetero) is 1. The van der Waals surface area contributed by atoms with Crippen LogP contribution in [0.25, 0.3) is 22.6 Å².